The summed E-state index contributed by atoms with van der Waals surface area (Å²) in [6, 6.07) is 4.74. The third kappa shape index (κ3) is 11.7. The van der Waals surface area contributed by atoms with Crippen molar-refractivity contribution in [3.63, 3.8) is 0 Å². The van der Waals surface area contributed by atoms with E-state index >= 15 is 0 Å². The zero-order valence-electron chi connectivity index (χ0n) is 24.3. The van der Waals surface area contributed by atoms with Gasteiger partial charge < -0.3 is 32.7 Å². The fourth-order valence-electron chi connectivity index (χ4n) is 4.36. The van der Waals surface area contributed by atoms with Gasteiger partial charge in [-0.1, -0.05) is 32.4 Å². The second-order valence-corrected chi connectivity index (χ2v) is 10.5. The number of primary amides is 1. The molecule has 1 aliphatic heterocycles. The molecule has 0 fully saturated rings. The Kier molecular flexibility index (Phi) is 14.2. The van der Waals surface area contributed by atoms with Crippen molar-refractivity contribution in [3.8, 4) is 0 Å². The molecule has 1 aliphatic rings. The number of nitrogens with one attached hydrogen (secondary N) is 4. The first kappa shape index (κ1) is 33.9. The van der Waals surface area contributed by atoms with Crippen LogP contribution < -0.4 is 32.7 Å². The van der Waals surface area contributed by atoms with Crippen molar-refractivity contribution in [2.45, 2.75) is 70.9 Å². The molecule has 1 aromatic rings. The highest BCUT2D eigenvalue weighted by Crippen LogP contribution is 2.13. The largest absolute Gasteiger partial charge is 0.352 e. The van der Waals surface area contributed by atoms with Crippen LogP contribution in [0.1, 0.15) is 57.9 Å². The van der Waals surface area contributed by atoms with Gasteiger partial charge in [-0.3, -0.25) is 28.9 Å². The fraction of sp³-hybridized carbons (Fsp3) is 0.517. The van der Waals surface area contributed by atoms with Gasteiger partial charge in [-0.05, 0) is 62.3 Å². The number of carbonyl (C=O) groups excluding carboxylic acids is 6. The first-order chi connectivity index (χ1) is 20.0. The standard InChI is InChI=1S/C29H43N7O6/c1-19(2)26(35-23(37)8-4-3-5-18-36-24(38)13-14-25(36)39)28(41)34-22(7-6-17-32-29(31)42)27(40)33-21-11-9-20(10-12-21)15-16-30/h9-14,19,22,26H,3-8,15-18,30H2,1-2H3,(H,33,40)(H,34,41)(H,35,37)(H3,31,32,42)/t22?,26-/m1/s1. The van der Waals surface area contributed by atoms with Crippen LogP contribution in [0.4, 0.5) is 10.5 Å². The van der Waals surface area contributed by atoms with E-state index < -0.39 is 29.9 Å². The summed E-state index contributed by atoms with van der Waals surface area (Å²) >= 11 is 0. The molecule has 13 heteroatoms. The summed E-state index contributed by atoms with van der Waals surface area (Å²) in [5.74, 6) is -2.18. The van der Waals surface area contributed by atoms with Crippen LogP contribution in [0.3, 0.4) is 0 Å². The van der Waals surface area contributed by atoms with Gasteiger partial charge in [0.15, 0.2) is 0 Å². The van der Waals surface area contributed by atoms with E-state index in [0.29, 0.717) is 50.9 Å². The number of hydrogen-bond donors (Lipinski definition) is 6. The molecule has 8 N–H and O–H groups in total. The lowest BCUT2D eigenvalue weighted by molar-refractivity contribution is -0.137. The number of urea groups is 1. The molecule has 1 unspecified atom stereocenters. The van der Waals surface area contributed by atoms with E-state index in [-0.39, 0.29) is 43.0 Å². The number of nitrogens with two attached hydrogens (primary N) is 2. The lowest BCUT2D eigenvalue weighted by atomic mass is 10.0. The first-order valence-electron chi connectivity index (χ1n) is 14.3. The Balaban J connectivity index is 1.92. The number of benzene rings is 1. The van der Waals surface area contributed by atoms with Crippen LogP contribution in [0.15, 0.2) is 36.4 Å². The van der Waals surface area contributed by atoms with Gasteiger partial charge in [0.05, 0.1) is 0 Å². The van der Waals surface area contributed by atoms with E-state index in [0.717, 1.165) is 10.5 Å². The van der Waals surface area contributed by atoms with Crippen molar-refractivity contribution in [1.29, 1.82) is 0 Å². The summed E-state index contributed by atoms with van der Waals surface area (Å²) < 4.78 is 0. The lowest BCUT2D eigenvalue weighted by Crippen LogP contribution is -2.54. The number of imide groups is 1. The van der Waals surface area contributed by atoms with Crippen molar-refractivity contribution < 1.29 is 28.8 Å². The summed E-state index contributed by atoms with van der Waals surface area (Å²) in [5.41, 5.74) is 12.3. The van der Waals surface area contributed by atoms with Crippen LogP contribution >= 0.6 is 0 Å². The maximum Gasteiger partial charge on any atom is 0.312 e. The molecule has 13 nitrogen and oxygen atoms in total. The Hall–Kier alpha value is -4.26. The molecule has 0 aliphatic carbocycles. The van der Waals surface area contributed by atoms with Crippen LogP contribution in [0.5, 0.6) is 0 Å². The predicted octanol–water partition coefficient (Wildman–Crippen LogP) is 0.686. The van der Waals surface area contributed by atoms with Crippen molar-refractivity contribution in [2.75, 3.05) is 25.0 Å². The van der Waals surface area contributed by atoms with E-state index in [9.17, 15) is 28.8 Å². The zero-order chi connectivity index (χ0) is 31.1. The summed E-state index contributed by atoms with van der Waals surface area (Å²) in [5, 5.41) is 10.8. The monoisotopic (exact) mass is 585 g/mol. The number of unbranched alkanes of at least 4 members (excludes halogenated alkanes) is 2. The van der Waals surface area contributed by atoms with Crippen LogP contribution in [0.25, 0.3) is 0 Å². The molecular weight excluding hydrogens is 542 g/mol. The first-order valence-corrected chi connectivity index (χ1v) is 14.3. The smallest absolute Gasteiger partial charge is 0.312 e. The lowest BCUT2D eigenvalue weighted by Gasteiger charge is -2.25. The summed E-state index contributed by atoms with van der Waals surface area (Å²) in [4.78, 5) is 74.4. The number of rotatable bonds is 18. The molecule has 0 radical (unpaired) electrons. The van der Waals surface area contributed by atoms with Gasteiger partial charge in [0.2, 0.25) is 17.7 Å². The Bertz CT molecular complexity index is 1120. The third-order valence-corrected chi connectivity index (χ3v) is 6.71. The zero-order valence-corrected chi connectivity index (χ0v) is 24.3. The molecule has 7 amide bonds. The quantitative estimate of drug-likeness (QED) is 0.107. The van der Waals surface area contributed by atoms with Crippen molar-refractivity contribution in [3.05, 3.63) is 42.0 Å². The predicted molar refractivity (Wildman–Crippen MR) is 158 cm³/mol. The van der Waals surface area contributed by atoms with Gasteiger partial charge in [0.25, 0.3) is 11.8 Å². The summed E-state index contributed by atoms with van der Waals surface area (Å²) in [7, 11) is 0. The molecule has 0 saturated heterocycles. The van der Waals surface area contributed by atoms with E-state index in [4.69, 9.17) is 11.5 Å². The van der Waals surface area contributed by atoms with Crippen molar-refractivity contribution >= 4 is 41.3 Å². The van der Waals surface area contributed by atoms with E-state index in [1.165, 1.54) is 12.2 Å². The van der Waals surface area contributed by atoms with Gasteiger partial charge in [-0.2, -0.15) is 0 Å². The third-order valence-electron chi connectivity index (χ3n) is 6.71. The van der Waals surface area contributed by atoms with Crippen LogP contribution in [-0.4, -0.2) is 72.2 Å². The molecule has 0 spiro atoms. The second-order valence-electron chi connectivity index (χ2n) is 10.5. The van der Waals surface area contributed by atoms with Crippen LogP contribution in [0, 0.1) is 5.92 Å². The van der Waals surface area contributed by atoms with E-state index in [1.807, 2.05) is 12.1 Å². The number of carbonyl (C=O) groups is 6. The molecule has 0 saturated carbocycles. The molecule has 1 aromatic carbocycles. The normalized spacial score (nSPS) is 14.0. The Morgan fingerprint density at radius 2 is 1.55 bits per heavy atom. The number of amides is 7. The van der Waals surface area contributed by atoms with Crippen LogP contribution in [-0.2, 0) is 30.4 Å². The fourth-order valence-corrected chi connectivity index (χ4v) is 4.36. The summed E-state index contributed by atoms with van der Waals surface area (Å²) in [6.45, 7) is 4.60. The van der Waals surface area contributed by atoms with Gasteiger partial charge >= 0.3 is 6.03 Å². The number of nitrogens with zero attached hydrogens (tertiary/aromatic N) is 1. The molecule has 2 atom stereocenters. The Morgan fingerprint density at radius 3 is 2.14 bits per heavy atom. The van der Waals surface area contributed by atoms with Crippen molar-refractivity contribution in [1.82, 2.24) is 20.9 Å². The molecule has 230 valence electrons. The molecule has 0 aromatic heterocycles. The van der Waals surface area contributed by atoms with E-state index in [1.54, 1.807) is 26.0 Å². The van der Waals surface area contributed by atoms with Gasteiger partial charge in [-0.25, -0.2) is 4.79 Å². The maximum atomic E-state index is 13.2. The molecular formula is C29H43N7O6. The number of hydrogen-bond acceptors (Lipinski definition) is 7. The molecule has 0 bridgehead atoms. The Morgan fingerprint density at radius 1 is 0.881 bits per heavy atom. The topological polar surface area (TPSA) is 206 Å². The van der Waals surface area contributed by atoms with Crippen LogP contribution in [0.2, 0.25) is 0 Å². The molecule has 2 rings (SSSR count). The highest BCUT2D eigenvalue weighted by Gasteiger charge is 2.29. The minimum absolute atomic E-state index is 0.166. The highest BCUT2D eigenvalue weighted by atomic mass is 16.2. The second kappa shape index (κ2) is 17.5. The minimum atomic E-state index is -0.931. The SMILES string of the molecule is CC(C)[C@@H](NC(=O)CCCCCN1C(=O)C=CC1=O)C(=O)NC(CCCNC(N)=O)C(=O)Nc1ccc(CCN)cc1. The van der Waals surface area contributed by atoms with Gasteiger partial charge in [0.1, 0.15) is 12.1 Å². The van der Waals surface area contributed by atoms with Crippen molar-refractivity contribution in [2.24, 2.45) is 17.4 Å². The average molecular weight is 586 g/mol. The van der Waals surface area contributed by atoms with Gasteiger partial charge in [0, 0.05) is 37.3 Å². The Labute approximate surface area is 246 Å². The molecule has 42 heavy (non-hydrogen) atoms. The van der Waals surface area contributed by atoms with Gasteiger partial charge in [-0.15, -0.1) is 0 Å². The minimum Gasteiger partial charge on any atom is -0.352 e. The maximum absolute atomic E-state index is 13.2. The highest BCUT2D eigenvalue weighted by molar-refractivity contribution is 6.12. The average Bonchev–Trinajstić information content (AvgIpc) is 3.26. The number of anilines is 1. The summed E-state index contributed by atoms with van der Waals surface area (Å²) in [6.07, 6.45) is 5.65. The molecule has 1 heterocycles. The van der Waals surface area contributed by atoms with E-state index in [2.05, 4.69) is 21.3 Å².